The maximum absolute atomic E-state index is 14.5. The number of aromatic nitrogens is 2. The Bertz CT molecular complexity index is 2100. The molecular weight excluding hydrogens is 837 g/mol. The van der Waals surface area contributed by atoms with Gasteiger partial charge in [0.2, 0.25) is 0 Å². The number of piperidine rings is 2. The summed E-state index contributed by atoms with van der Waals surface area (Å²) in [4.78, 5) is 67.9. The van der Waals surface area contributed by atoms with Crippen LogP contribution in [0.5, 0.6) is 0 Å². The molecule has 2 fully saturated rings. The molecule has 4 atom stereocenters. The molecule has 2 aliphatic rings. The van der Waals surface area contributed by atoms with Crippen molar-refractivity contribution in [3.8, 4) is 0 Å². The van der Waals surface area contributed by atoms with Crippen molar-refractivity contribution in [1.82, 2.24) is 19.8 Å². The van der Waals surface area contributed by atoms with Crippen molar-refractivity contribution in [2.75, 3.05) is 26.3 Å². The predicted molar refractivity (Wildman–Crippen MR) is 218 cm³/mol. The Morgan fingerprint density at radius 2 is 1.09 bits per heavy atom. The van der Waals surface area contributed by atoms with Crippen LogP contribution in [0.4, 0.5) is 18.4 Å². The number of pyridine rings is 2. The smallest absolute Gasteiger partial charge is 0.417 e. The molecule has 2 aliphatic heterocycles. The molecule has 4 aromatic rings. The number of carbonyl (C=O) groups is 4. The molecule has 58 heavy (non-hydrogen) atoms. The van der Waals surface area contributed by atoms with E-state index >= 15 is 0 Å². The summed E-state index contributed by atoms with van der Waals surface area (Å²) in [5.41, 5.74) is -3.74. The van der Waals surface area contributed by atoms with Crippen molar-refractivity contribution in [2.45, 2.75) is 115 Å². The van der Waals surface area contributed by atoms with Gasteiger partial charge in [-0.2, -0.15) is 0 Å². The predicted octanol–water partition coefficient (Wildman–Crippen LogP) is 9.59. The van der Waals surface area contributed by atoms with Crippen LogP contribution in [0.1, 0.15) is 90.8 Å². The average molecular weight is 884 g/mol. The minimum atomic E-state index is -1.28. The first-order chi connectivity index (χ1) is 27.1. The summed E-state index contributed by atoms with van der Waals surface area (Å²) in [7, 11) is 0. The third-order valence-electron chi connectivity index (χ3n) is 10.8. The van der Waals surface area contributed by atoms with Crippen LogP contribution in [0.15, 0.2) is 24.5 Å². The Hall–Kier alpha value is -3.86. The maximum Gasteiger partial charge on any atom is 0.417 e. The molecule has 6 rings (SSSR count). The largest absolute Gasteiger partial charge is 0.456 e. The number of carbonyl (C=O) groups excluding carboxylic acids is 4. The fourth-order valence-corrected chi connectivity index (χ4v) is 10.8. The van der Waals surface area contributed by atoms with Gasteiger partial charge in [0.15, 0.2) is 11.6 Å². The van der Waals surface area contributed by atoms with Gasteiger partial charge in [-0.15, -0.1) is 22.7 Å². The van der Waals surface area contributed by atoms with Gasteiger partial charge in [0.05, 0.1) is 33.3 Å². The van der Waals surface area contributed by atoms with Crippen LogP contribution in [0.3, 0.4) is 0 Å². The van der Waals surface area contributed by atoms with Gasteiger partial charge in [0.25, 0.3) is 0 Å². The number of nitrogens with zero attached hydrogens (tertiary/aromatic N) is 4. The number of thiophene rings is 2. The first-order valence-corrected chi connectivity index (χ1v) is 21.3. The van der Waals surface area contributed by atoms with E-state index in [0.717, 1.165) is 12.4 Å². The second kappa shape index (κ2) is 16.3. The summed E-state index contributed by atoms with van der Waals surface area (Å²) in [6.07, 6.45) is 2.75. The van der Waals surface area contributed by atoms with Gasteiger partial charge in [0, 0.05) is 45.7 Å². The normalized spacial score (nSPS) is 22.9. The van der Waals surface area contributed by atoms with Gasteiger partial charge >= 0.3 is 24.1 Å². The Morgan fingerprint density at radius 3 is 1.43 bits per heavy atom. The van der Waals surface area contributed by atoms with Crippen LogP contribution in [0.25, 0.3) is 20.4 Å². The highest BCUT2D eigenvalue weighted by Crippen LogP contribution is 2.47. The molecule has 0 aromatic carbocycles. The van der Waals surface area contributed by atoms with Crippen molar-refractivity contribution < 1.29 is 46.9 Å². The zero-order valence-corrected chi connectivity index (χ0v) is 36.6. The SMILES string of the molecule is CC1N(C(=O)OC(C)(C)C)CCCC1(COC(=O)C(=O)OCC1(c2cc3c(Cl)c(F)cnc3s2)CCCN(C(=O)OC(C)(C)C)C1C)c1cc2c(Cl)c(F)cnc2s1. The number of hydrogen-bond donors (Lipinski definition) is 0. The van der Waals surface area contributed by atoms with Crippen molar-refractivity contribution in [1.29, 1.82) is 0 Å². The van der Waals surface area contributed by atoms with Crippen molar-refractivity contribution in [3.05, 3.63) is 56.0 Å². The summed E-state index contributed by atoms with van der Waals surface area (Å²) in [6.45, 7) is 14.2. The highest BCUT2D eigenvalue weighted by atomic mass is 35.5. The molecule has 12 nitrogen and oxygen atoms in total. The lowest BCUT2D eigenvalue weighted by molar-refractivity contribution is -0.171. The van der Waals surface area contributed by atoms with Gasteiger partial charge < -0.3 is 28.7 Å². The molecule has 18 heteroatoms. The lowest BCUT2D eigenvalue weighted by Gasteiger charge is -2.48. The minimum Gasteiger partial charge on any atom is -0.456 e. The first kappa shape index (κ1) is 43.7. The molecule has 0 saturated carbocycles. The molecule has 0 spiro atoms. The molecule has 314 valence electrons. The number of halogens is 4. The fourth-order valence-electron chi connectivity index (χ4n) is 7.72. The number of likely N-dealkylation sites (tertiary alicyclic amines) is 2. The Morgan fingerprint density at radius 1 is 0.724 bits per heavy atom. The summed E-state index contributed by atoms with van der Waals surface area (Å²) < 4.78 is 52.0. The summed E-state index contributed by atoms with van der Waals surface area (Å²) >= 11 is 15.1. The van der Waals surface area contributed by atoms with Gasteiger partial charge in [0.1, 0.15) is 34.1 Å². The van der Waals surface area contributed by atoms with E-state index in [4.69, 9.17) is 42.1 Å². The number of esters is 2. The molecule has 6 heterocycles. The average Bonchev–Trinajstić information content (AvgIpc) is 3.79. The van der Waals surface area contributed by atoms with Crippen LogP contribution in [0.2, 0.25) is 10.0 Å². The van der Waals surface area contributed by atoms with E-state index in [1.807, 2.05) is 0 Å². The van der Waals surface area contributed by atoms with Gasteiger partial charge in [-0.05, 0) is 93.2 Å². The van der Waals surface area contributed by atoms with Crippen molar-refractivity contribution >= 4 is 90.4 Å². The van der Waals surface area contributed by atoms with Crippen LogP contribution in [0, 0.1) is 11.6 Å². The third-order valence-corrected chi connectivity index (χ3v) is 14.1. The zero-order valence-electron chi connectivity index (χ0n) is 33.5. The Balaban J connectivity index is 1.29. The molecule has 0 aliphatic carbocycles. The highest BCUT2D eigenvalue weighted by Gasteiger charge is 2.51. The van der Waals surface area contributed by atoms with E-state index in [1.54, 1.807) is 77.3 Å². The van der Waals surface area contributed by atoms with E-state index in [-0.39, 0.29) is 23.3 Å². The standard InChI is InChI=1S/C40H46Cl2F2N4O8S2/c1-21-39(11-9-13-47(21)35(51)55-37(3,4)5,27-15-23-29(41)25(43)17-45-31(23)57-27)19-53-33(49)34(50)54-20-40(28-16-24-30(42)26(44)18-46-32(24)58-28)12-10-14-48(22(40)2)36(52)56-38(6,7)8/h15-18,21-22H,9-14,19-20H2,1-8H3. The lowest BCUT2D eigenvalue weighted by atomic mass is 9.73. The topological polar surface area (TPSA) is 137 Å². The molecule has 0 bridgehead atoms. The number of rotatable bonds is 6. The molecule has 2 saturated heterocycles. The lowest BCUT2D eigenvalue weighted by Crippen LogP contribution is -2.58. The Labute approximate surface area is 353 Å². The molecule has 0 radical (unpaired) electrons. The number of ether oxygens (including phenoxy) is 4. The minimum absolute atomic E-state index is 0.117. The van der Waals surface area contributed by atoms with Gasteiger partial charge in [-0.25, -0.2) is 37.9 Å². The summed E-state index contributed by atoms with van der Waals surface area (Å²) in [5.74, 6) is -3.96. The highest BCUT2D eigenvalue weighted by molar-refractivity contribution is 7.19. The number of hydrogen-bond acceptors (Lipinski definition) is 12. The summed E-state index contributed by atoms with van der Waals surface area (Å²) in [5, 5.41) is 0.490. The van der Waals surface area contributed by atoms with Crippen LogP contribution in [-0.4, -0.2) is 93.5 Å². The maximum atomic E-state index is 14.5. The van der Waals surface area contributed by atoms with E-state index in [0.29, 0.717) is 69.0 Å². The second-order valence-corrected chi connectivity index (χ2v) is 19.7. The second-order valence-electron chi connectivity index (χ2n) is 16.9. The Kier molecular flexibility index (Phi) is 12.3. The van der Waals surface area contributed by atoms with E-state index in [9.17, 15) is 28.0 Å². The van der Waals surface area contributed by atoms with Crippen LogP contribution < -0.4 is 0 Å². The molecule has 0 N–H and O–H groups in total. The number of amides is 2. The van der Waals surface area contributed by atoms with Gasteiger partial charge in [-0.1, -0.05) is 23.2 Å². The monoisotopic (exact) mass is 882 g/mol. The van der Waals surface area contributed by atoms with E-state index in [1.165, 1.54) is 22.7 Å². The first-order valence-electron chi connectivity index (χ1n) is 18.9. The quantitative estimate of drug-likeness (QED) is 0.105. The van der Waals surface area contributed by atoms with Crippen molar-refractivity contribution in [2.24, 2.45) is 0 Å². The summed E-state index contributed by atoms with van der Waals surface area (Å²) in [6, 6.07) is 2.12. The van der Waals surface area contributed by atoms with E-state index < -0.39 is 69.9 Å². The van der Waals surface area contributed by atoms with Crippen molar-refractivity contribution in [3.63, 3.8) is 0 Å². The van der Waals surface area contributed by atoms with E-state index in [2.05, 4.69) is 9.97 Å². The fraction of sp³-hybridized carbons (Fsp3) is 0.550. The number of fused-ring (bicyclic) bond motifs is 2. The molecule has 4 aromatic heterocycles. The van der Waals surface area contributed by atoms with Crippen LogP contribution in [-0.2, 0) is 39.4 Å². The third kappa shape index (κ3) is 8.57. The zero-order chi connectivity index (χ0) is 42.5. The molecule has 4 unspecified atom stereocenters. The van der Waals surface area contributed by atoms with Crippen LogP contribution >= 0.6 is 45.9 Å². The molecule has 2 amide bonds. The molecular formula is C40H46Cl2F2N4O8S2. The van der Waals surface area contributed by atoms with Gasteiger partial charge in [-0.3, -0.25) is 0 Å².